The van der Waals surface area contributed by atoms with Crippen LogP contribution in [0.4, 0.5) is 0 Å². The normalized spacial score (nSPS) is 21.3. The predicted octanol–water partition coefficient (Wildman–Crippen LogP) is -1.70. The number of aromatic nitrogens is 2. The van der Waals surface area contributed by atoms with Crippen molar-refractivity contribution in [2.24, 2.45) is 5.73 Å². The molecule has 3 fully saturated rings. The summed E-state index contributed by atoms with van der Waals surface area (Å²) in [6, 6.07) is -0.106. The second kappa shape index (κ2) is 18.2. The summed E-state index contributed by atoms with van der Waals surface area (Å²) in [6.07, 6.45) is 5.41. The number of carboxylic acids is 1. The van der Waals surface area contributed by atoms with Gasteiger partial charge < -0.3 is 51.6 Å². The summed E-state index contributed by atoms with van der Waals surface area (Å²) in [7, 11) is 0. The van der Waals surface area contributed by atoms with E-state index in [-0.39, 0.29) is 50.5 Å². The Kier molecular flexibility index (Phi) is 13.5. The molecule has 6 atom stereocenters. The number of rotatable bonds is 15. The van der Waals surface area contributed by atoms with Gasteiger partial charge in [-0.2, -0.15) is 12.6 Å². The highest BCUT2D eigenvalue weighted by atomic mass is 32.1. The molecule has 54 heavy (non-hydrogen) atoms. The lowest BCUT2D eigenvalue weighted by molar-refractivity contribution is -0.149. The van der Waals surface area contributed by atoms with Gasteiger partial charge in [-0.05, 0) is 56.2 Å². The van der Waals surface area contributed by atoms with E-state index in [0.29, 0.717) is 49.8 Å². The van der Waals surface area contributed by atoms with Crippen molar-refractivity contribution in [1.29, 1.82) is 0 Å². The Labute approximate surface area is 317 Å². The number of hydrogen-bond donors (Lipinski definition) is 8. The van der Waals surface area contributed by atoms with Gasteiger partial charge in [0, 0.05) is 50.1 Å². The van der Waals surface area contributed by atoms with Crippen LogP contribution in [0.2, 0.25) is 0 Å². The van der Waals surface area contributed by atoms with E-state index in [4.69, 9.17) is 5.73 Å². The van der Waals surface area contributed by atoms with Crippen molar-refractivity contribution < 1.29 is 43.8 Å². The molecule has 0 bridgehead atoms. The number of phenols is 1. The lowest BCUT2D eigenvalue weighted by Gasteiger charge is -2.32. The number of nitrogens with zero attached hydrogens (tertiary/aromatic N) is 4. The van der Waals surface area contributed by atoms with Crippen LogP contribution in [-0.4, -0.2) is 144 Å². The van der Waals surface area contributed by atoms with Crippen molar-refractivity contribution in [2.75, 3.05) is 31.9 Å². The molecule has 0 radical (unpaired) electrons. The van der Waals surface area contributed by atoms with Gasteiger partial charge in [0.15, 0.2) is 0 Å². The van der Waals surface area contributed by atoms with Crippen molar-refractivity contribution in [3.8, 4) is 5.75 Å². The fourth-order valence-corrected chi connectivity index (χ4v) is 7.60. The standard InChI is InChI=1S/C35H47N9O9S/c36-16-29(46)39-23(14-20-7-9-22(45)10-8-20)32(49)42-11-1-5-27(42)31(48)41-25(18-54)34(51)43-12-2-4-26(43)30(47)40-24(15-21-17-37-19-38-21)33(50)44-13-3-6-28(44)35(52)53/h7-10,17,19,23-28,45,54H,1-6,11-16,18,36H2,(H,37,38)(H,39,46)(H,40,47)(H,41,48)(H,52,53)/t23-,24-,25-,26-,27-,28-/m0/s1. The maximum absolute atomic E-state index is 13.9. The van der Waals surface area contributed by atoms with Gasteiger partial charge in [0.25, 0.3) is 0 Å². The summed E-state index contributed by atoms with van der Waals surface area (Å²) in [6.45, 7) is 0.318. The van der Waals surface area contributed by atoms with Crippen LogP contribution >= 0.6 is 12.6 Å². The minimum atomic E-state index is -1.15. The molecule has 6 amide bonds. The quantitative estimate of drug-likeness (QED) is 0.0948. The maximum atomic E-state index is 13.9. The Morgan fingerprint density at radius 1 is 0.778 bits per heavy atom. The zero-order valence-corrected chi connectivity index (χ0v) is 30.6. The Hall–Kier alpha value is -5.17. The number of carbonyl (C=O) groups excluding carboxylic acids is 6. The number of H-pyrrole nitrogens is 1. The lowest BCUT2D eigenvalue weighted by atomic mass is 10.0. The number of benzene rings is 1. The number of phenolic OH excluding ortho intramolecular Hbond substituents is 1. The molecule has 5 rings (SSSR count). The lowest BCUT2D eigenvalue weighted by Crippen LogP contribution is -2.59. The zero-order chi connectivity index (χ0) is 38.9. The highest BCUT2D eigenvalue weighted by Gasteiger charge is 2.43. The summed E-state index contributed by atoms with van der Waals surface area (Å²) in [5.74, 6) is -4.57. The van der Waals surface area contributed by atoms with E-state index in [1.165, 1.54) is 39.4 Å². The van der Waals surface area contributed by atoms with E-state index < -0.39 is 77.7 Å². The summed E-state index contributed by atoms with van der Waals surface area (Å²) in [5, 5.41) is 27.4. The minimum absolute atomic E-state index is 0.0196. The molecule has 0 spiro atoms. The molecular weight excluding hydrogens is 723 g/mol. The fraction of sp³-hybridized carbons (Fsp3) is 0.543. The Balaban J connectivity index is 1.25. The molecule has 18 nitrogen and oxygen atoms in total. The number of aromatic amines is 1. The van der Waals surface area contributed by atoms with Crippen LogP contribution in [0.3, 0.4) is 0 Å². The predicted molar refractivity (Wildman–Crippen MR) is 195 cm³/mol. The van der Waals surface area contributed by atoms with E-state index in [1.54, 1.807) is 12.1 Å². The van der Waals surface area contributed by atoms with Gasteiger partial charge in [-0.1, -0.05) is 12.1 Å². The Morgan fingerprint density at radius 3 is 1.78 bits per heavy atom. The van der Waals surface area contributed by atoms with Crippen molar-refractivity contribution >= 4 is 54.0 Å². The molecule has 3 aliphatic rings. The van der Waals surface area contributed by atoms with E-state index >= 15 is 0 Å². The van der Waals surface area contributed by atoms with Gasteiger partial charge in [0.05, 0.1) is 12.9 Å². The Bertz CT molecular complexity index is 1690. The van der Waals surface area contributed by atoms with Gasteiger partial charge in [0.1, 0.15) is 42.0 Å². The first-order valence-electron chi connectivity index (χ1n) is 18.0. The summed E-state index contributed by atoms with van der Waals surface area (Å²) >= 11 is 4.33. The van der Waals surface area contributed by atoms with Crippen LogP contribution in [0.1, 0.15) is 49.8 Å². The smallest absolute Gasteiger partial charge is 0.326 e. The van der Waals surface area contributed by atoms with Gasteiger partial charge in [0.2, 0.25) is 35.4 Å². The van der Waals surface area contributed by atoms with E-state index in [9.17, 15) is 43.8 Å². The van der Waals surface area contributed by atoms with Gasteiger partial charge in [-0.25, -0.2) is 9.78 Å². The molecule has 0 saturated carbocycles. The molecule has 1 aromatic heterocycles. The number of aliphatic carboxylic acids is 1. The number of carbonyl (C=O) groups is 7. The van der Waals surface area contributed by atoms with Gasteiger partial charge >= 0.3 is 5.97 Å². The average Bonchev–Trinajstić information content (AvgIpc) is 4.00. The second-order valence-corrected chi connectivity index (χ2v) is 14.1. The largest absolute Gasteiger partial charge is 0.508 e. The van der Waals surface area contributed by atoms with Crippen molar-refractivity contribution in [2.45, 2.75) is 87.6 Å². The molecule has 2 aromatic rings. The summed E-state index contributed by atoms with van der Waals surface area (Å²) in [5.41, 5.74) is 6.71. The van der Waals surface area contributed by atoms with Crippen LogP contribution < -0.4 is 21.7 Å². The topological polar surface area (TPSA) is 260 Å². The number of thiol groups is 1. The number of amides is 6. The second-order valence-electron chi connectivity index (χ2n) is 13.7. The molecule has 0 aliphatic carbocycles. The molecular formula is C35H47N9O9S. The van der Waals surface area contributed by atoms with Crippen LogP contribution in [0.5, 0.6) is 5.75 Å². The SMILES string of the molecule is NCC(=O)N[C@@H](Cc1ccc(O)cc1)C(=O)N1CCC[C@H]1C(=O)N[C@@H](CS)C(=O)N1CCC[C@H]1C(=O)N[C@@H](Cc1cnc[nH]1)C(=O)N1CCC[C@H]1C(=O)O. The first-order valence-corrected chi connectivity index (χ1v) is 18.7. The zero-order valence-electron chi connectivity index (χ0n) is 29.7. The van der Waals surface area contributed by atoms with Crippen molar-refractivity contribution in [3.63, 3.8) is 0 Å². The van der Waals surface area contributed by atoms with Gasteiger partial charge in [-0.3, -0.25) is 28.8 Å². The van der Waals surface area contributed by atoms with E-state index in [0.717, 1.165) is 0 Å². The molecule has 1 aromatic carbocycles. The molecule has 3 aliphatic heterocycles. The third-order valence-electron chi connectivity index (χ3n) is 10.1. The monoisotopic (exact) mass is 769 g/mol. The molecule has 4 heterocycles. The van der Waals surface area contributed by atoms with Crippen LogP contribution in [-0.2, 0) is 46.4 Å². The third-order valence-corrected chi connectivity index (χ3v) is 10.4. The van der Waals surface area contributed by atoms with Gasteiger partial charge in [-0.15, -0.1) is 0 Å². The number of imidazole rings is 1. The Morgan fingerprint density at radius 2 is 1.28 bits per heavy atom. The number of nitrogens with one attached hydrogen (secondary N) is 4. The average molecular weight is 770 g/mol. The third kappa shape index (κ3) is 9.49. The summed E-state index contributed by atoms with van der Waals surface area (Å²) in [4.78, 5) is 104. The molecule has 8 N–H and O–H groups in total. The highest BCUT2D eigenvalue weighted by molar-refractivity contribution is 7.80. The van der Waals surface area contributed by atoms with Crippen LogP contribution in [0, 0.1) is 0 Å². The van der Waals surface area contributed by atoms with E-state index in [1.807, 2.05) is 0 Å². The molecule has 0 unspecified atom stereocenters. The first kappa shape index (κ1) is 40.0. The number of nitrogens with two attached hydrogens (primary N) is 1. The summed E-state index contributed by atoms with van der Waals surface area (Å²) < 4.78 is 0. The van der Waals surface area contributed by atoms with Crippen molar-refractivity contribution in [1.82, 2.24) is 40.6 Å². The molecule has 19 heteroatoms. The fourth-order valence-electron chi connectivity index (χ4n) is 7.35. The number of carboxylic acid groups (broad SMARTS) is 1. The molecule has 292 valence electrons. The van der Waals surface area contributed by atoms with E-state index in [2.05, 4.69) is 38.5 Å². The van der Waals surface area contributed by atoms with Crippen LogP contribution in [0.25, 0.3) is 0 Å². The number of hydrogen-bond acceptors (Lipinski definition) is 11. The van der Waals surface area contributed by atoms with Crippen LogP contribution in [0.15, 0.2) is 36.8 Å². The number of aromatic hydroxyl groups is 1. The number of likely N-dealkylation sites (tertiary alicyclic amines) is 3. The first-order chi connectivity index (χ1) is 25.9. The highest BCUT2D eigenvalue weighted by Crippen LogP contribution is 2.24. The minimum Gasteiger partial charge on any atom is -0.508 e. The van der Waals surface area contributed by atoms with Crippen molar-refractivity contribution in [3.05, 3.63) is 48.0 Å². The maximum Gasteiger partial charge on any atom is 0.326 e. The molecule has 3 saturated heterocycles.